The van der Waals surface area contributed by atoms with Gasteiger partial charge in [-0.2, -0.15) is 0 Å². The molecule has 1 heterocycles. The summed E-state index contributed by atoms with van der Waals surface area (Å²) in [4.78, 5) is 0. The third kappa shape index (κ3) is 3.51. The summed E-state index contributed by atoms with van der Waals surface area (Å²) in [7, 11) is 1.67. The smallest absolute Gasteiger partial charge is 0.119 e. The van der Waals surface area contributed by atoms with Crippen LogP contribution in [0.25, 0.3) is 0 Å². The van der Waals surface area contributed by atoms with Crippen LogP contribution in [0.4, 0.5) is 0 Å². The average molecular weight is 244 g/mol. The second kappa shape index (κ2) is 5.46. The van der Waals surface area contributed by atoms with Crippen LogP contribution in [0.15, 0.2) is 24.3 Å². The van der Waals surface area contributed by atoms with Crippen molar-refractivity contribution in [2.75, 3.05) is 13.7 Å². The van der Waals surface area contributed by atoms with Gasteiger partial charge in [0, 0.05) is 12.2 Å². The molecular formula is C16H20O2. The predicted molar refractivity (Wildman–Crippen MR) is 72.6 cm³/mol. The van der Waals surface area contributed by atoms with Crippen molar-refractivity contribution in [1.29, 1.82) is 0 Å². The van der Waals surface area contributed by atoms with E-state index in [1.54, 1.807) is 7.11 Å². The van der Waals surface area contributed by atoms with Gasteiger partial charge in [-0.15, -0.1) is 0 Å². The van der Waals surface area contributed by atoms with Gasteiger partial charge in [0.2, 0.25) is 0 Å². The summed E-state index contributed by atoms with van der Waals surface area (Å²) in [5.41, 5.74) is 1.35. The zero-order valence-electron chi connectivity index (χ0n) is 11.3. The van der Waals surface area contributed by atoms with Crippen LogP contribution in [-0.2, 0) is 4.74 Å². The van der Waals surface area contributed by atoms with Crippen LogP contribution in [0.2, 0.25) is 0 Å². The molecule has 1 atom stereocenters. The largest absolute Gasteiger partial charge is 0.497 e. The van der Waals surface area contributed by atoms with Crippen molar-refractivity contribution in [1.82, 2.24) is 0 Å². The van der Waals surface area contributed by atoms with Gasteiger partial charge in [0.05, 0.1) is 7.11 Å². The molecule has 1 aromatic carbocycles. The molecule has 0 radical (unpaired) electrons. The van der Waals surface area contributed by atoms with Crippen molar-refractivity contribution in [3.8, 4) is 17.6 Å². The first-order chi connectivity index (χ1) is 8.59. The molecule has 1 saturated heterocycles. The van der Waals surface area contributed by atoms with Gasteiger partial charge in [-0.25, -0.2) is 0 Å². The molecule has 2 nitrogen and oxygen atoms in total. The monoisotopic (exact) mass is 244 g/mol. The van der Waals surface area contributed by atoms with Gasteiger partial charge < -0.3 is 9.47 Å². The number of ether oxygens (including phenoxy) is 2. The second-order valence-electron chi connectivity index (χ2n) is 5.48. The molecule has 1 aliphatic rings. The normalized spacial score (nSPS) is 21.8. The van der Waals surface area contributed by atoms with E-state index in [0.29, 0.717) is 5.41 Å². The minimum atomic E-state index is 0.0656. The summed E-state index contributed by atoms with van der Waals surface area (Å²) in [5, 5.41) is 0. The lowest BCUT2D eigenvalue weighted by Crippen LogP contribution is -2.30. The van der Waals surface area contributed by atoms with Gasteiger partial charge in [0.25, 0.3) is 0 Å². The average Bonchev–Trinajstić information content (AvgIpc) is 2.36. The van der Waals surface area contributed by atoms with Gasteiger partial charge in [-0.3, -0.25) is 0 Å². The van der Waals surface area contributed by atoms with Crippen molar-refractivity contribution >= 4 is 0 Å². The maximum Gasteiger partial charge on any atom is 0.119 e. The highest BCUT2D eigenvalue weighted by Crippen LogP contribution is 2.31. The lowest BCUT2D eigenvalue weighted by Gasteiger charge is -2.32. The lowest BCUT2D eigenvalue weighted by atomic mass is 9.82. The van der Waals surface area contributed by atoms with Crippen molar-refractivity contribution in [2.24, 2.45) is 5.41 Å². The predicted octanol–water partition coefficient (Wildman–Crippen LogP) is 3.25. The first kappa shape index (κ1) is 13.0. The van der Waals surface area contributed by atoms with E-state index in [-0.39, 0.29) is 6.10 Å². The Labute approximate surface area is 109 Å². The molecule has 0 aromatic heterocycles. The third-order valence-electron chi connectivity index (χ3n) is 3.30. The quantitative estimate of drug-likeness (QED) is 0.706. The fraction of sp³-hybridized carbons (Fsp3) is 0.500. The number of rotatable bonds is 1. The minimum absolute atomic E-state index is 0.0656. The fourth-order valence-electron chi connectivity index (χ4n) is 2.07. The minimum Gasteiger partial charge on any atom is -0.497 e. The molecule has 2 rings (SSSR count). The summed E-state index contributed by atoms with van der Waals surface area (Å²) >= 11 is 0. The Morgan fingerprint density at radius 1 is 1.28 bits per heavy atom. The first-order valence-electron chi connectivity index (χ1n) is 6.36. The summed E-state index contributed by atoms with van der Waals surface area (Å²) in [6, 6.07) is 7.80. The van der Waals surface area contributed by atoms with Gasteiger partial charge in [0.1, 0.15) is 11.9 Å². The van der Waals surface area contributed by atoms with Gasteiger partial charge in [0.15, 0.2) is 0 Å². The molecule has 1 aromatic rings. The highest BCUT2D eigenvalue weighted by atomic mass is 16.5. The number of benzene rings is 1. The molecule has 1 aliphatic heterocycles. The highest BCUT2D eigenvalue weighted by molar-refractivity contribution is 5.38. The molecule has 96 valence electrons. The fourth-order valence-corrected chi connectivity index (χ4v) is 2.07. The molecule has 0 spiro atoms. The van der Waals surface area contributed by atoms with Crippen molar-refractivity contribution in [3.63, 3.8) is 0 Å². The number of methoxy groups -OCH3 is 1. The SMILES string of the molecule is COc1ccc(C#CC2CC(C)(C)CCO2)cc1. The molecule has 0 N–H and O–H groups in total. The molecule has 1 fully saturated rings. The Bertz CT molecular complexity index is 448. The Balaban J connectivity index is 2.02. The maximum atomic E-state index is 5.68. The van der Waals surface area contributed by atoms with Crippen molar-refractivity contribution in [3.05, 3.63) is 29.8 Å². The molecule has 0 aliphatic carbocycles. The van der Waals surface area contributed by atoms with E-state index in [1.165, 1.54) is 0 Å². The zero-order chi connectivity index (χ0) is 13.0. The number of hydrogen-bond acceptors (Lipinski definition) is 2. The summed E-state index contributed by atoms with van der Waals surface area (Å²) in [6.07, 6.45) is 2.19. The maximum absolute atomic E-state index is 5.68. The molecule has 0 amide bonds. The molecule has 1 unspecified atom stereocenters. The third-order valence-corrected chi connectivity index (χ3v) is 3.30. The molecule has 0 saturated carbocycles. The summed E-state index contributed by atoms with van der Waals surface area (Å²) in [6.45, 7) is 5.37. The Morgan fingerprint density at radius 3 is 2.61 bits per heavy atom. The van der Waals surface area contributed by atoms with Crippen LogP contribution in [0.5, 0.6) is 5.75 Å². The van der Waals surface area contributed by atoms with E-state index < -0.39 is 0 Å². The standard InChI is InChI=1S/C16H20O2/c1-16(2)10-11-18-15(12-16)9-6-13-4-7-14(17-3)8-5-13/h4-5,7-8,15H,10-12H2,1-3H3. The van der Waals surface area contributed by atoms with Crippen molar-refractivity contribution < 1.29 is 9.47 Å². The van der Waals surface area contributed by atoms with E-state index >= 15 is 0 Å². The molecular weight excluding hydrogens is 224 g/mol. The molecule has 18 heavy (non-hydrogen) atoms. The molecule has 0 bridgehead atoms. The zero-order valence-corrected chi connectivity index (χ0v) is 11.3. The van der Waals surface area contributed by atoms with E-state index in [9.17, 15) is 0 Å². The van der Waals surface area contributed by atoms with Crippen molar-refractivity contribution in [2.45, 2.75) is 32.8 Å². The van der Waals surface area contributed by atoms with Crippen LogP contribution in [0, 0.1) is 17.3 Å². The van der Waals surface area contributed by atoms with E-state index in [4.69, 9.17) is 9.47 Å². The molecule has 2 heteroatoms. The topological polar surface area (TPSA) is 18.5 Å². The summed E-state index contributed by atoms with van der Waals surface area (Å²) < 4.78 is 10.8. The Morgan fingerprint density at radius 2 is 2.00 bits per heavy atom. The van der Waals surface area contributed by atoms with Gasteiger partial charge in [-0.1, -0.05) is 25.7 Å². The lowest BCUT2D eigenvalue weighted by molar-refractivity contribution is -0.00491. The van der Waals surface area contributed by atoms with Crippen LogP contribution in [0.1, 0.15) is 32.3 Å². The van der Waals surface area contributed by atoms with E-state index in [0.717, 1.165) is 30.8 Å². The first-order valence-corrected chi connectivity index (χ1v) is 6.36. The Hall–Kier alpha value is -1.46. The van der Waals surface area contributed by atoms with Crippen LogP contribution in [-0.4, -0.2) is 19.8 Å². The van der Waals surface area contributed by atoms with E-state index in [1.807, 2.05) is 24.3 Å². The van der Waals surface area contributed by atoms with Crippen LogP contribution >= 0.6 is 0 Å². The number of hydrogen-bond donors (Lipinski definition) is 0. The summed E-state index contributed by atoms with van der Waals surface area (Å²) in [5.74, 6) is 7.25. The van der Waals surface area contributed by atoms with Gasteiger partial charge in [-0.05, 0) is 42.5 Å². The second-order valence-corrected chi connectivity index (χ2v) is 5.48. The Kier molecular flexibility index (Phi) is 3.93. The van der Waals surface area contributed by atoms with Crippen LogP contribution < -0.4 is 4.74 Å². The van der Waals surface area contributed by atoms with Crippen LogP contribution in [0.3, 0.4) is 0 Å². The highest BCUT2D eigenvalue weighted by Gasteiger charge is 2.27. The van der Waals surface area contributed by atoms with E-state index in [2.05, 4.69) is 25.7 Å². The van der Waals surface area contributed by atoms with Gasteiger partial charge >= 0.3 is 0 Å².